The summed E-state index contributed by atoms with van der Waals surface area (Å²) in [5.74, 6) is -0.248. The molecule has 0 amide bonds. The fourth-order valence-corrected chi connectivity index (χ4v) is 3.60. The maximum Gasteiger partial charge on any atom is 0.338 e. The third-order valence-corrected chi connectivity index (χ3v) is 4.78. The minimum Gasteiger partial charge on any atom is -0.462 e. The van der Waals surface area contributed by atoms with Crippen LogP contribution in [0.2, 0.25) is 0 Å². The lowest BCUT2D eigenvalue weighted by Crippen LogP contribution is -2.54. The van der Waals surface area contributed by atoms with Crippen LogP contribution in [0.3, 0.4) is 0 Å². The van der Waals surface area contributed by atoms with Gasteiger partial charge in [-0.1, -0.05) is 24.6 Å². The average Bonchev–Trinajstić information content (AvgIpc) is 2.54. The van der Waals surface area contributed by atoms with Gasteiger partial charge in [-0.15, -0.1) is 0 Å². The number of rotatable bonds is 3. The Labute approximate surface area is 125 Å². The van der Waals surface area contributed by atoms with Crippen LogP contribution in [0.1, 0.15) is 36.0 Å². The van der Waals surface area contributed by atoms with E-state index in [1.807, 2.05) is 18.2 Å². The summed E-state index contributed by atoms with van der Waals surface area (Å²) < 4.78 is 5.46. The second kappa shape index (κ2) is 6.58. The summed E-state index contributed by atoms with van der Waals surface area (Å²) >= 11 is 0. The van der Waals surface area contributed by atoms with E-state index in [1.165, 1.54) is 12.8 Å². The normalized spacial score (nSPS) is 29.7. The van der Waals surface area contributed by atoms with E-state index in [9.17, 15) is 9.90 Å². The van der Waals surface area contributed by atoms with E-state index in [2.05, 4.69) is 4.90 Å². The highest BCUT2D eigenvalue weighted by Gasteiger charge is 2.38. The molecule has 0 aromatic heterocycles. The van der Waals surface area contributed by atoms with Crippen molar-refractivity contribution in [1.29, 1.82) is 0 Å². The van der Waals surface area contributed by atoms with Gasteiger partial charge in [0.25, 0.3) is 0 Å². The first-order valence-corrected chi connectivity index (χ1v) is 7.90. The molecule has 0 aliphatic carbocycles. The topological polar surface area (TPSA) is 49.8 Å². The van der Waals surface area contributed by atoms with Crippen LogP contribution in [-0.4, -0.2) is 47.8 Å². The van der Waals surface area contributed by atoms with Gasteiger partial charge >= 0.3 is 5.97 Å². The molecule has 3 unspecified atom stereocenters. The van der Waals surface area contributed by atoms with Crippen LogP contribution in [0.15, 0.2) is 30.3 Å². The Balaban J connectivity index is 1.61. The Morgan fingerprint density at radius 2 is 2.00 bits per heavy atom. The van der Waals surface area contributed by atoms with Crippen molar-refractivity contribution in [3.05, 3.63) is 35.9 Å². The van der Waals surface area contributed by atoms with E-state index in [1.54, 1.807) is 12.1 Å². The van der Waals surface area contributed by atoms with E-state index >= 15 is 0 Å². The van der Waals surface area contributed by atoms with Crippen molar-refractivity contribution in [2.75, 3.05) is 19.7 Å². The van der Waals surface area contributed by atoms with Crippen LogP contribution in [0.4, 0.5) is 0 Å². The molecule has 2 saturated heterocycles. The summed E-state index contributed by atoms with van der Waals surface area (Å²) in [6.07, 6.45) is 3.97. The number of aliphatic hydroxyl groups excluding tert-OH is 1. The van der Waals surface area contributed by atoms with E-state index in [-0.39, 0.29) is 18.0 Å². The van der Waals surface area contributed by atoms with Gasteiger partial charge in [0.2, 0.25) is 0 Å². The summed E-state index contributed by atoms with van der Waals surface area (Å²) in [6.45, 7) is 2.39. The highest BCUT2D eigenvalue weighted by molar-refractivity contribution is 5.89. The van der Waals surface area contributed by atoms with Gasteiger partial charge in [-0.2, -0.15) is 0 Å². The zero-order valence-electron chi connectivity index (χ0n) is 12.3. The molecule has 3 rings (SSSR count). The van der Waals surface area contributed by atoms with Gasteiger partial charge in [0, 0.05) is 18.5 Å². The van der Waals surface area contributed by atoms with Gasteiger partial charge < -0.3 is 9.84 Å². The summed E-state index contributed by atoms with van der Waals surface area (Å²) in [5, 5.41) is 10.3. The van der Waals surface area contributed by atoms with Gasteiger partial charge in [0.1, 0.15) is 0 Å². The molecular formula is C17H23NO3. The largest absolute Gasteiger partial charge is 0.462 e. The molecule has 2 aliphatic heterocycles. The van der Waals surface area contributed by atoms with Crippen molar-refractivity contribution in [2.45, 2.75) is 37.8 Å². The lowest BCUT2D eigenvalue weighted by molar-refractivity contribution is -0.0577. The summed E-state index contributed by atoms with van der Waals surface area (Å²) in [6, 6.07) is 9.41. The Bertz CT molecular complexity index is 476. The Kier molecular flexibility index (Phi) is 4.56. The molecule has 1 N–H and O–H groups in total. The Hall–Kier alpha value is -1.39. The van der Waals surface area contributed by atoms with Crippen molar-refractivity contribution >= 4 is 5.97 Å². The maximum atomic E-state index is 12.0. The van der Waals surface area contributed by atoms with Gasteiger partial charge in [-0.05, 0) is 37.9 Å². The number of piperidine rings is 2. The van der Waals surface area contributed by atoms with Crippen molar-refractivity contribution in [3.8, 4) is 0 Å². The molecule has 4 heteroatoms. The average molecular weight is 289 g/mol. The number of hydrogen-bond acceptors (Lipinski definition) is 4. The molecule has 114 valence electrons. The summed E-state index contributed by atoms with van der Waals surface area (Å²) in [5.41, 5.74) is 0.572. The number of ether oxygens (including phenoxy) is 1. The first kappa shape index (κ1) is 14.5. The van der Waals surface area contributed by atoms with Gasteiger partial charge in [-0.3, -0.25) is 4.90 Å². The second-order valence-electron chi connectivity index (χ2n) is 6.08. The molecule has 0 spiro atoms. The lowest BCUT2D eigenvalue weighted by Gasteiger charge is -2.46. The van der Waals surface area contributed by atoms with Crippen molar-refractivity contribution < 1.29 is 14.6 Å². The smallest absolute Gasteiger partial charge is 0.338 e. The number of nitrogens with zero attached hydrogens (tertiary/aromatic N) is 1. The zero-order chi connectivity index (χ0) is 14.7. The summed E-state index contributed by atoms with van der Waals surface area (Å²) in [7, 11) is 0. The SMILES string of the molecule is O=C(OCC1C(O)CCN2CCCCC12)c1ccccc1. The third kappa shape index (κ3) is 3.27. The number of benzene rings is 1. The molecule has 1 aromatic rings. The van der Waals surface area contributed by atoms with Crippen LogP contribution in [-0.2, 0) is 4.74 Å². The number of carbonyl (C=O) groups is 1. The molecule has 0 saturated carbocycles. The number of esters is 1. The molecule has 4 nitrogen and oxygen atoms in total. The highest BCUT2D eigenvalue weighted by Crippen LogP contribution is 2.31. The highest BCUT2D eigenvalue weighted by atomic mass is 16.5. The molecule has 2 heterocycles. The molecule has 3 atom stereocenters. The standard InChI is InChI=1S/C17H23NO3/c19-16-9-11-18-10-5-4-8-15(18)14(16)12-21-17(20)13-6-2-1-3-7-13/h1-3,6-7,14-16,19H,4-5,8-12H2. The van der Waals surface area contributed by atoms with Crippen LogP contribution >= 0.6 is 0 Å². The van der Waals surface area contributed by atoms with Crippen LogP contribution in [0, 0.1) is 5.92 Å². The van der Waals surface area contributed by atoms with Crippen molar-refractivity contribution in [2.24, 2.45) is 5.92 Å². The Morgan fingerprint density at radius 1 is 1.19 bits per heavy atom. The molecule has 0 radical (unpaired) electrons. The van der Waals surface area contributed by atoms with Crippen molar-refractivity contribution in [3.63, 3.8) is 0 Å². The molecule has 2 fully saturated rings. The van der Waals surface area contributed by atoms with E-state index in [4.69, 9.17) is 4.74 Å². The zero-order valence-corrected chi connectivity index (χ0v) is 12.3. The molecule has 0 bridgehead atoms. The van der Waals surface area contributed by atoms with E-state index in [0.29, 0.717) is 18.2 Å². The monoisotopic (exact) mass is 289 g/mol. The van der Waals surface area contributed by atoms with E-state index < -0.39 is 0 Å². The fraction of sp³-hybridized carbons (Fsp3) is 0.588. The summed E-state index contributed by atoms with van der Waals surface area (Å²) in [4.78, 5) is 14.5. The maximum absolute atomic E-state index is 12.0. The van der Waals surface area contributed by atoms with Gasteiger partial charge in [0.05, 0.1) is 18.3 Å². The minimum atomic E-state index is -0.354. The minimum absolute atomic E-state index is 0.0479. The van der Waals surface area contributed by atoms with Crippen LogP contribution in [0.25, 0.3) is 0 Å². The first-order valence-electron chi connectivity index (χ1n) is 7.90. The third-order valence-electron chi connectivity index (χ3n) is 4.78. The molecule has 2 aliphatic rings. The van der Waals surface area contributed by atoms with E-state index in [0.717, 1.165) is 25.9 Å². The van der Waals surface area contributed by atoms with Crippen LogP contribution < -0.4 is 0 Å². The number of carbonyl (C=O) groups excluding carboxylic acids is 1. The van der Waals surface area contributed by atoms with Gasteiger partial charge in [0.15, 0.2) is 0 Å². The number of aliphatic hydroxyl groups is 1. The molecule has 1 aromatic carbocycles. The van der Waals surface area contributed by atoms with Crippen LogP contribution in [0.5, 0.6) is 0 Å². The first-order chi connectivity index (χ1) is 10.3. The number of fused-ring (bicyclic) bond motifs is 1. The van der Waals surface area contributed by atoms with Gasteiger partial charge in [-0.25, -0.2) is 4.79 Å². The predicted octanol–water partition coefficient (Wildman–Crippen LogP) is 2.08. The second-order valence-corrected chi connectivity index (χ2v) is 6.08. The lowest BCUT2D eigenvalue weighted by atomic mass is 9.82. The predicted molar refractivity (Wildman–Crippen MR) is 80.1 cm³/mol. The molecular weight excluding hydrogens is 266 g/mol. The quantitative estimate of drug-likeness (QED) is 0.866. The fourth-order valence-electron chi connectivity index (χ4n) is 3.60. The Morgan fingerprint density at radius 3 is 2.81 bits per heavy atom. The number of hydrogen-bond donors (Lipinski definition) is 1. The molecule has 21 heavy (non-hydrogen) atoms. The van der Waals surface area contributed by atoms with Crippen molar-refractivity contribution in [1.82, 2.24) is 4.90 Å².